The van der Waals surface area contributed by atoms with Crippen LogP contribution < -0.4 is 10.6 Å². The lowest BCUT2D eigenvalue weighted by molar-refractivity contribution is -0.131. The lowest BCUT2D eigenvalue weighted by atomic mass is 10.1. The largest absolute Gasteiger partial charge is 0.465 e. The molecule has 0 saturated carbocycles. The molecular formula is C29H29FN4O4. The first-order valence-electron chi connectivity index (χ1n) is 12.5. The Morgan fingerprint density at radius 1 is 1.13 bits per heavy atom. The number of benzene rings is 3. The van der Waals surface area contributed by atoms with Crippen molar-refractivity contribution in [2.24, 2.45) is 0 Å². The van der Waals surface area contributed by atoms with Gasteiger partial charge in [-0.25, -0.2) is 9.18 Å². The van der Waals surface area contributed by atoms with Crippen molar-refractivity contribution < 1.29 is 23.1 Å². The molecule has 1 unspecified atom stereocenters. The van der Waals surface area contributed by atoms with Crippen LogP contribution in [-0.4, -0.2) is 54.2 Å². The number of likely N-dealkylation sites (tertiary alicyclic amines) is 1. The van der Waals surface area contributed by atoms with E-state index in [9.17, 15) is 14.0 Å². The molecule has 2 N–H and O–H groups in total. The second-order valence-corrected chi connectivity index (χ2v) is 9.42. The van der Waals surface area contributed by atoms with Gasteiger partial charge in [-0.3, -0.25) is 4.79 Å². The van der Waals surface area contributed by atoms with E-state index >= 15 is 0 Å². The molecule has 1 fully saturated rings. The minimum atomic E-state index is -1.07. The maximum atomic E-state index is 14.3. The van der Waals surface area contributed by atoms with Crippen LogP contribution in [0.15, 0.2) is 71.1 Å². The van der Waals surface area contributed by atoms with Gasteiger partial charge in [0, 0.05) is 24.3 Å². The normalized spacial score (nSPS) is 17.0. The number of alkyl halides is 1. The Morgan fingerprint density at radius 2 is 1.92 bits per heavy atom. The van der Waals surface area contributed by atoms with Crippen molar-refractivity contribution in [1.29, 1.82) is 0 Å². The van der Waals surface area contributed by atoms with Gasteiger partial charge in [-0.15, -0.1) is 0 Å². The molecule has 196 valence electrons. The van der Waals surface area contributed by atoms with Crippen LogP contribution in [0.1, 0.15) is 27.9 Å². The van der Waals surface area contributed by atoms with E-state index in [1.165, 1.54) is 7.11 Å². The predicted octanol–water partition coefficient (Wildman–Crippen LogP) is 5.26. The maximum Gasteiger partial charge on any atom is 0.337 e. The number of esters is 1. The number of rotatable bonds is 8. The standard InChI is InChI=1S/C29H29FN4O4/c1-18-5-3-4-6-24(18)32-29-33-25-12-7-19(13-26(25)38-29)14-27(35)34-17-21(30)15-23(34)16-31-22-10-8-20(9-11-22)28(36)37-2/h3-13,21,23,31H,14-17H2,1-2H3,(H,32,33)/t21?,23-/m0/s1. The van der Waals surface area contributed by atoms with Crippen molar-refractivity contribution in [3.05, 3.63) is 83.4 Å². The third-order valence-corrected chi connectivity index (χ3v) is 6.73. The van der Waals surface area contributed by atoms with Gasteiger partial charge in [-0.2, -0.15) is 4.98 Å². The summed E-state index contributed by atoms with van der Waals surface area (Å²) in [7, 11) is 1.33. The summed E-state index contributed by atoms with van der Waals surface area (Å²) in [5, 5.41) is 6.44. The van der Waals surface area contributed by atoms with E-state index in [-0.39, 0.29) is 31.3 Å². The smallest absolute Gasteiger partial charge is 0.337 e. The third kappa shape index (κ3) is 5.61. The summed E-state index contributed by atoms with van der Waals surface area (Å²) >= 11 is 0. The molecule has 1 saturated heterocycles. The third-order valence-electron chi connectivity index (χ3n) is 6.73. The fourth-order valence-corrected chi connectivity index (χ4v) is 4.67. The second-order valence-electron chi connectivity index (χ2n) is 9.42. The molecule has 2 heterocycles. The highest BCUT2D eigenvalue weighted by Gasteiger charge is 2.35. The van der Waals surface area contributed by atoms with Crippen LogP contribution in [0.2, 0.25) is 0 Å². The zero-order valence-electron chi connectivity index (χ0n) is 21.2. The van der Waals surface area contributed by atoms with E-state index in [1.807, 2.05) is 49.4 Å². The molecule has 0 spiro atoms. The van der Waals surface area contributed by atoms with Gasteiger partial charge in [-0.05, 0) is 60.5 Å². The Hall–Kier alpha value is -4.40. The van der Waals surface area contributed by atoms with Crippen molar-refractivity contribution in [3.63, 3.8) is 0 Å². The van der Waals surface area contributed by atoms with Crippen molar-refractivity contribution in [1.82, 2.24) is 9.88 Å². The number of carbonyl (C=O) groups excluding carboxylic acids is 2. The quantitative estimate of drug-likeness (QED) is 0.308. The number of para-hydroxylation sites is 1. The molecule has 0 aliphatic carbocycles. The second kappa shape index (κ2) is 10.9. The molecule has 1 aliphatic rings. The van der Waals surface area contributed by atoms with Crippen LogP contribution in [0, 0.1) is 6.92 Å². The van der Waals surface area contributed by atoms with E-state index in [0.29, 0.717) is 29.2 Å². The van der Waals surface area contributed by atoms with Gasteiger partial charge in [0.05, 0.1) is 31.7 Å². The van der Waals surface area contributed by atoms with Crippen LogP contribution in [0.4, 0.5) is 21.8 Å². The number of ether oxygens (including phenoxy) is 1. The number of nitrogens with one attached hydrogen (secondary N) is 2. The zero-order chi connectivity index (χ0) is 26.6. The Morgan fingerprint density at radius 3 is 2.68 bits per heavy atom. The zero-order valence-corrected chi connectivity index (χ0v) is 21.2. The molecule has 1 amide bonds. The molecule has 0 bridgehead atoms. The average Bonchev–Trinajstić information content (AvgIpc) is 3.50. The van der Waals surface area contributed by atoms with Gasteiger partial charge >= 0.3 is 5.97 Å². The van der Waals surface area contributed by atoms with Crippen LogP contribution >= 0.6 is 0 Å². The fourth-order valence-electron chi connectivity index (χ4n) is 4.67. The molecule has 38 heavy (non-hydrogen) atoms. The number of methoxy groups -OCH3 is 1. The van der Waals surface area contributed by atoms with Gasteiger partial charge in [0.2, 0.25) is 5.91 Å². The van der Waals surface area contributed by atoms with Gasteiger partial charge in [0.15, 0.2) is 5.58 Å². The number of aryl methyl sites for hydroxylation is 1. The number of nitrogens with zero attached hydrogens (tertiary/aromatic N) is 2. The fraction of sp³-hybridized carbons (Fsp3) is 0.276. The average molecular weight is 517 g/mol. The topological polar surface area (TPSA) is 96.7 Å². The van der Waals surface area contributed by atoms with Crippen LogP contribution in [0.25, 0.3) is 11.1 Å². The minimum Gasteiger partial charge on any atom is -0.465 e. The van der Waals surface area contributed by atoms with Gasteiger partial charge in [0.25, 0.3) is 6.01 Å². The minimum absolute atomic E-state index is 0.0709. The van der Waals surface area contributed by atoms with Gasteiger partial charge in [0.1, 0.15) is 11.7 Å². The number of halogens is 1. The van der Waals surface area contributed by atoms with Gasteiger partial charge < -0.3 is 24.7 Å². The molecule has 1 aliphatic heterocycles. The SMILES string of the molecule is COC(=O)c1ccc(NC[C@@H]2CC(F)CN2C(=O)Cc2ccc3nc(Nc4ccccc4C)oc3c2)cc1. The summed E-state index contributed by atoms with van der Waals surface area (Å²) in [6.45, 7) is 2.47. The number of oxazole rings is 1. The van der Waals surface area contributed by atoms with Crippen LogP contribution in [0.5, 0.6) is 0 Å². The molecule has 1 aromatic heterocycles. The van der Waals surface area contributed by atoms with E-state index in [0.717, 1.165) is 22.5 Å². The van der Waals surface area contributed by atoms with Crippen LogP contribution in [0.3, 0.4) is 0 Å². The van der Waals surface area contributed by atoms with Crippen molar-refractivity contribution in [2.45, 2.75) is 32.0 Å². The summed E-state index contributed by atoms with van der Waals surface area (Å²) < 4.78 is 24.9. The van der Waals surface area contributed by atoms with E-state index in [1.54, 1.807) is 29.2 Å². The highest BCUT2D eigenvalue weighted by molar-refractivity contribution is 5.89. The number of anilines is 3. The molecule has 2 atom stereocenters. The van der Waals surface area contributed by atoms with Gasteiger partial charge in [-0.1, -0.05) is 24.3 Å². The lowest BCUT2D eigenvalue weighted by Crippen LogP contribution is -2.40. The molecular weight excluding hydrogens is 487 g/mol. The molecule has 3 aromatic carbocycles. The predicted molar refractivity (Wildman–Crippen MR) is 143 cm³/mol. The Bertz CT molecular complexity index is 1450. The number of fused-ring (bicyclic) bond motifs is 1. The summed E-state index contributed by atoms with van der Waals surface area (Å²) in [6.07, 6.45) is -0.665. The van der Waals surface area contributed by atoms with E-state index in [4.69, 9.17) is 9.15 Å². The number of carbonyl (C=O) groups is 2. The number of hydrogen-bond acceptors (Lipinski definition) is 7. The molecule has 8 nitrogen and oxygen atoms in total. The summed E-state index contributed by atoms with van der Waals surface area (Å²) in [5.74, 6) is -0.554. The van der Waals surface area contributed by atoms with E-state index in [2.05, 4.69) is 15.6 Å². The highest BCUT2D eigenvalue weighted by Crippen LogP contribution is 2.26. The molecule has 0 radical (unpaired) electrons. The monoisotopic (exact) mass is 516 g/mol. The van der Waals surface area contributed by atoms with Crippen molar-refractivity contribution in [3.8, 4) is 0 Å². The highest BCUT2D eigenvalue weighted by atomic mass is 19.1. The summed E-state index contributed by atoms with van der Waals surface area (Å²) in [4.78, 5) is 30.9. The van der Waals surface area contributed by atoms with Crippen LogP contribution in [-0.2, 0) is 16.0 Å². The Labute approximate surface area is 219 Å². The Balaban J connectivity index is 1.22. The molecule has 5 rings (SSSR count). The summed E-state index contributed by atoms with van der Waals surface area (Å²) in [5.41, 5.74) is 5.23. The maximum absolute atomic E-state index is 14.3. The number of amides is 1. The van der Waals surface area contributed by atoms with Crippen molar-refractivity contribution in [2.75, 3.05) is 30.8 Å². The lowest BCUT2D eigenvalue weighted by Gasteiger charge is -2.25. The first-order valence-corrected chi connectivity index (χ1v) is 12.5. The Kier molecular flexibility index (Phi) is 7.26. The number of hydrogen-bond donors (Lipinski definition) is 2. The van der Waals surface area contributed by atoms with E-state index < -0.39 is 12.1 Å². The molecule has 9 heteroatoms. The molecule has 4 aromatic rings. The summed E-state index contributed by atoms with van der Waals surface area (Å²) in [6, 6.07) is 20.3. The number of aromatic nitrogens is 1. The first-order chi connectivity index (χ1) is 18.4. The first kappa shape index (κ1) is 25.3. The van der Waals surface area contributed by atoms with Crippen molar-refractivity contribution >= 4 is 40.4 Å².